The van der Waals surface area contributed by atoms with Crippen molar-refractivity contribution in [2.45, 2.75) is 169 Å². The second-order valence-electron chi connectivity index (χ2n) is 20.0. The zero-order chi connectivity index (χ0) is 45.4. The minimum absolute atomic E-state index is 0.000399. The van der Waals surface area contributed by atoms with Crippen molar-refractivity contribution in [3.8, 4) is 52.2 Å². The van der Waals surface area contributed by atoms with Gasteiger partial charge in [0.2, 0.25) is 0 Å². The number of hydrogen-bond acceptors (Lipinski definition) is 6. The van der Waals surface area contributed by atoms with Crippen LogP contribution in [0.3, 0.4) is 0 Å². The molecule has 0 saturated carbocycles. The topological polar surface area (TPSA) is 0 Å². The fraction of sp³-hybridized carbons (Fsp3) is 0.464. The quantitative estimate of drug-likeness (QED) is 0.0774. The molecule has 0 amide bonds. The minimum Gasteiger partial charge on any atom is -0.140 e. The average Bonchev–Trinajstić information content (AvgIpc) is 4.08. The molecule has 0 aliphatic heterocycles. The van der Waals surface area contributed by atoms with E-state index in [1.54, 1.807) is 0 Å². The standard InChI is InChI=1S/C56H72S6/c1-17-23-36-25-26-38(57-36)47-50(41-30-33-45(60-41)54(11,12)20-4)49(40-29-32-44(59-40)53(8,9)10)51(42-31-34-46(61-42)55(13,14)21-5)48(39-28-27-37(58-39)35(7)19-3)52(47)43(24-18-2)62-56(15,16)22-6/h18,24-35H,2,17,19-23H2,1,3-16H3/b43-24-. The Labute approximate surface area is 401 Å². The second-order valence-corrected chi connectivity index (χ2v) is 27.3. The van der Waals surface area contributed by atoms with Gasteiger partial charge in [-0.05, 0) is 121 Å². The highest BCUT2D eigenvalue weighted by atomic mass is 32.2. The summed E-state index contributed by atoms with van der Waals surface area (Å²) in [7, 11) is 0. The van der Waals surface area contributed by atoms with Gasteiger partial charge in [-0.25, -0.2) is 0 Å². The Bertz CT molecular complexity index is 2500. The first kappa shape index (κ1) is 49.0. The van der Waals surface area contributed by atoms with E-state index in [-0.39, 0.29) is 21.0 Å². The highest BCUT2D eigenvalue weighted by molar-refractivity contribution is 8.09. The second kappa shape index (κ2) is 19.6. The minimum atomic E-state index is 0.000399. The highest BCUT2D eigenvalue weighted by Crippen LogP contribution is 2.61. The maximum atomic E-state index is 4.41. The van der Waals surface area contributed by atoms with E-state index in [9.17, 15) is 0 Å². The number of benzene rings is 1. The molecule has 1 atom stereocenters. The normalized spacial score (nSPS) is 13.6. The van der Waals surface area contributed by atoms with E-state index < -0.39 is 0 Å². The van der Waals surface area contributed by atoms with Crippen LogP contribution in [0.2, 0.25) is 0 Å². The van der Waals surface area contributed by atoms with Gasteiger partial charge in [0.1, 0.15) is 0 Å². The Kier molecular flexibility index (Phi) is 15.5. The van der Waals surface area contributed by atoms with Crippen LogP contribution in [0.25, 0.3) is 57.1 Å². The molecular weight excluding hydrogens is 865 g/mol. The molecule has 0 radical (unpaired) electrons. The third-order valence-electron chi connectivity index (χ3n) is 13.0. The molecule has 62 heavy (non-hydrogen) atoms. The molecule has 0 spiro atoms. The van der Waals surface area contributed by atoms with Crippen LogP contribution in [-0.2, 0) is 22.7 Å². The monoisotopic (exact) mass is 936 g/mol. The van der Waals surface area contributed by atoms with Crippen LogP contribution in [0, 0.1) is 0 Å². The largest absolute Gasteiger partial charge is 0.140 e. The van der Waals surface area contributed by atoms with E-state index in [2.05, 4.69) is 177 Å². The maximum absolute atomic E-state index is 4.41. The van der Waals surface area contributed by atoms with E-state index in [0.29, 0.717) is 5.92 Å². The van der Waals surface area contributed by atoms with Crippen molar-refractivity contribution < 1.29 is 0 Å². The van der Waals surface area contributed by atoms with Crippen LogP contribution in [0.4, 0.5) is 0 Å². The number of aryl methyl sites for hydroxylation is 1. The van der Waals surface area contributed by atoms with Gasteiger partial charge < -0.3 is 0 Å². The van der Waals surface area contributed by atoms with Crippen LogP contribution in [0.5, 0.6) is 0 Å². The van der Waals surface area contributed by atoms with E-state index >= 15 is 0 Å². The summed E-state index contributed by atoms with van der Waals surface area (Å²) in [6.07, 6.45) is 10.9. The molecule has 0 nitrogen and oxygen atoms in total. The van der Waals surface area contributed by atoms with Crippen molar-refractivity contribution in [2.75, 3.05) is 0 Å². The number of thioether (sulfide) groups is 1. The first-order valence-corrected chi connectivity index (χ1v) is 27.9. The zero-order valence-electron chi connectivity index (χ0n) is 40.4. The van der Waals surface area contributed by atoms with Crippen LogP contribution in [-0.4, -0.2) is 4.75 Å². The lowest BCUT2D eigenvalue weighted by Gasteiger charge is -2.30. The zero-order valence-corrected chi connectivity index (χ0v) is 45.3. The Hall–Kier alpha value is -2.45. The van der Waals surface area contributed by atoms with Crippen LogP contribution >= 0.6 is 68.4 Å². The van der Waals surface area contributed by atoms with Gasteiger partial charge in [-0.15, -0.1) is 68.4 Å². The lowest BCUT2D eigenvalue weighted by molar-refractivity contribution is 0.517. The molecule has 6 aromatic rings. The predicted octanol–water partition coefficient (Wildman–Crippen LogP) is 20.9. The molecule has 332 valence electrons. The number of rotatable bonds is 18. The van der Waals surface area contributed by atoms with Crippen LogP contribution in [0.15, 0.2) is 79.4 Å². The molecule has 1 unspecified atom stereocenters. The van der Waals surface area contributed by atoms with Crippen LogP contribution in [0.1, 0.15) is 172 Å². The number of allylic oxidation sites excluding steroid dienone is 2. The number of hydrogen-bond donors (Lipinski definition) is 0. The molecule has 6 heteroatoms. The molecule has 6 rings (SSSR count). The summed E-state index contributed by atoms with van der Waals surface area (Å²) >= 11 is 12.1. The Morgan fingerprint density at radius 2 is 1.02 bits per heavy atom. The molecule has 5 heterocycles. The first-order valence-electron chi connectivity index (χ1n) is 23.0. The number of thiophene rings is 5. The van der Waals surface area contributed by atoms with Gasteiger partial charge in [0.05, 0.1) is 0 Å². The van der Waals surface area contributed by atoms with E-state index in [4.69, 9.17) is 0 Å². The summed E-state index contributed by atoms with van der Waals surface area (Å²) < 4.78 is 0.000399. The lowest BCUT2D eigenvalue weighted by atomic mass is 9.82. The third-order valence-corrected chi connectivity index (χ3v) is 21.4. The molecular formula is C56H72S6. The third kappa shape index (κ3) is 10.2. The molecule has 1 aromatic carbocycles. The van der Waals surface area contributed by atoms with Crippen molar-refractivity contribution in [1.82, 2.24) is 0 Å². The van der Waals surface area contributed by atoms with E-state index in [1.807, 2.05) is 74.5 Å². The molecule has 0 bridgehead atoms. The summed E-state index contributed by atoms with van der Waals surface area (Å²) in [5, 5.41) is 0. The molecule has 0 fully saturated rings. The highest BCUT2D eigenvalue weighted by Gasteiger charge is 2.36. The maximum Gasteiger partial charge on any atom is 0.0359 e. The Morgan fingerprint density at radius 3 is 1.47 bits per heavy atom. The van der Waals surface area contributed by atoms with E-state index in [1.165, 1.54) is 87.1 Å². The van der Waals surface area contributed by atoms with Gasteiger partial charge in [-0.3, -0.25) is 0 Å². The van der Waals surface area contributed by atoms with Crippen molar-refractivity contribution in [2.24, 2.45) is 0 Å². The molecule has 0 N–H and O–H groups in total. The van der Waals surface area contributed by atoms with Gasteiger partial charge in [0.25, 0.3) is 0 Å². The van der Waals surface area contributed by atoms with Crippen molar-refractivity contribution in [3.05, 3.63) is 109 Å². The Morgan fingerprint density at radius 1 is 0.565 bits per heavy atom. The molecule has 5 aromatic heterocycles. The van der Waals surface area contributed by atoms with E-state index in [0.717, 1.165) is 38.5 Å². The van der Waals surface area contributed by atoms with Gasteiger partial charge in [0, 0.05) is 91.8 Å². The predicted molar refractivity (Wildman–Crippen MR) is 291 cm³/mol. The van der Waals surface area contributed by atoms with Gasteiger partial charge in [-0.1, -0.05) is 123 Å². The van der Waals surface area contributed by atoms with Gasteiger partial charge in [-0.2, -0.15) is 0 Å². The van der Waals surface area contributed by atoms with Gasteiger partial charge in [0.15, 0.2) is 0 Å². The molecule has 0 saturated heterocycles. The smallest absolute Gasteiger partial charge is 0.0359 e. The van der Waals surface area contributed by atoms with Gasteiger partial charge >= 0.3 is 0 Å². The fourth-order valence-corrected chi connectivity index (χ4v) is 14.8. The van der Waals surface area contributed by atoms with Crippen molar-refractivity contribution in [1.29, 1.82) is 0 Å². The van der Waals surface area contributed by atoms with Crippen LogP contribution < -0.4 is 0 Å². The summed E-state index contributed by atoms with van der Waals surface area (Å²) in [5.74, 6) is 0.487. The average molecular weight is 938 g/mol. The summed E-state index contributed by atoms with van der Waals surface area (Å²) in [6.45, 7) is 40.0. The molecule has 0 aliphatic carbocycles. The van der Waals surface area contributed by atoms with Crippen molar-refractivity contribution >= 4 is 73.4 Å². The lowest BCUT2D eigenvalue weighted by Crippen LogP contribution is -2.13. The summed E-state index contributed by atoms with van der Waals surface area (Å²) in [6, 6.07) is 24.5. The molecule has 0 aliphatic rings. The summed E-state index contributed by atoms with van der Waals surface area (Å²) in [5.41, 5.74) is 8.40. The SMILES string of the molecule is C=C/C=C(\SC(C)(C)CC)c1c(-c2ccc(CCC)s2)c(-c2ccc(C(C)(C)CC)s2)c(-c2ccc(C(C)(C)C)s2)c(-c2ccc(C(C)(C)CC)s2)c1-c1ccc(C(C)CC)s1. The summed E-state index contributed by atoms with van der Waals surface area (Å²) in [4.78, 5) is 15.3. The Balaban J connectivity index is 1.99. The fourth-order valence-electron chi connectivity index (χ4n) is 7.62. The first-order chi connectivity index (χ1) is 29.2. The van der Waals surface area contributed by atoms with Crippen molar-refractivity contribution in [3.63, 3.8) is 0 Å².